The van der Waals surface area contributed by atoms with E-state index in [2.05, 4.69) is 55.7 Å². The van der Waals surface area contributed by atoms with E-state index in [-0.39, 0.29) is 22.9 Å². The van der Waals surface area contributed by atoms with Crippen molar-refractivity contribution in [3.05, 3.63) is 23.9 Å². The Kier molecular flexibility index (Phi) is 6.52. The lowest BCUT2D eigenvalue weighted by Gasteiger charge is -2.58. The molecule has 2 heterocycles. The summed E-state index contributed by atoms with van der Waals surface area (Å²) < 4.78 is 7.49. The third kappa shape index (κ3) is 5.18. The van der Waals surface area contributed by atoms with Gasteiger partial charge in [0.25, 0.3) is 0 Å². The summed E-state index contributed by atoms with van der Waals surface area (Å²) in [5.41, 5.74) is 0.430. The molecule has 1 aliphatic heterocycles. The first-order valence-corrected chi connectivity index (χ1v) is 13.4. The fourth-order valence-electron chi connectivity index (χ4n) is 3.68. The topological polar surface area (TPSA) is 71.5 Å². The molecule has 29 heavy (non-hydrogen) atoms. The van der Waals surface area contributed by atoms with Crippen molar-refractivity contribution in [2.24, 2.45) is 5.92 Å². The van der Waals surface area contributed by atoms with Gasteiger partial charge in [0.1, 0.15) is 11.4 Å². The van der Waals surface area contributed by atoms with Gasteiger partial charge in [0.15, 0.2) is 8.24 Å². The number of rotatable bonds is 5. The van der Waals surface area contributed by atoms with Crippen molar-refractivity contribution in [3.63, 3.8) is 0 Å². The second-order valence-corrected chi connectivity index (χ2v) is 15.6. The number of anilines is 1. The first-order chi connectivity index (χ1) is 13.2. The summed E-state index contributed by atoms with van der Waals surface area (Å²) in [6.45, 7) is 18.9. The van der Waals surface area contributed by atoms with Crippen LogP contribution < -0.4 is 5.32 Å². The molecule has 0 aromatic carbocycles. The molecular formula is C22H37N3O3Si. The van der Waals surface area contributed by atoms with E-state index in [1.54, 1.807) is 6.20 Å². The lowest BCUT2D eigenvalue weighted by atomic mass is 9.83. The summed E-state index contributed by atoms with van der Waals surface area (Å²) in [6.07, 6.45) is 2.75. The number of hydrogen-bond acceptors (Lipinski definition) is 4. The summed E-state index contributed by atoms with van der Waals surface area (Å²) in [5.74, 6) is 0.700. The molecule has 0 radical (unpaired) electrons. The normalized spacial score (nSPS) is 20.3. The lowest BCUT2D eigenvalue weighted by Crippen LogP contribution is -2.72. The Bertz CT molecular complexity index is 765. The van der Waals surface area contributed by atoms with Gasteiger partial charge >= 0.3 is 6.09 Å². The molecule has 2 amide bonds. The molecule has 1 fully saturated rings. The van der Waals surface area contributed by atoms with E-state index < -0.39 is 19.9 Å². The van der Waals surface area contributed by atoms with E-state index in [9.17, 15) is 9.59 Å². The summed E-state index contributed by atoms with van der Waals surface area (Å²) >= 11 is 0. The minimum absolute atomic E-state index is 0.00842. The van der Waals surface area contributed by atoms with Gasteiger partial charge in [-0.1, -0.05) is 40.8 Å². The highest BCUT2D eigenvalue weighted by Crippen LogP contribution is 2.46. The molecule has 1 aromatic heterocycles. The van der Waals surface area contributed by atoms with Crippen LogP contribution in [0.2, 0.25) is 18.1 Å². The van der Waals surface area contributed by atoms with Gasteiger partial charge < -0.3 is 9.30 Å². The van der Waals surface area contributed by atoms with E-state index >= 15 is 0 Å². The number of hydrogen-bond donors (Lipinski definition) is 1. The maximum absolute atomic E-state index is 13.1. The van der Waals surface area contributed by atoms with Gasteiger partial charge in [0, 0.05) is 12.2 Å². The standard InChI is InChI=1S/C22H37N3O3Si/c1-10-17-16(19(26)25(17)29(8,9)22(5,6)7)13-15-11-12-23-18(14-15)24-20(27)28-21(2,3)4/h11-12,14,16-17H,10,13H2,1-9H3,(H,23,24,27)/t16-,17-/m1/s1. The maximum Gasteiger partial charge on any atom is 0.413 e. The number of β-lactam (4-membered cyclic amide) rings is 1. The smallest absolute Gasteiger partial charge is 0.413 e. The Balaban J connectivity index is 2.11. The largest absolute Gasteiger partial charge is 0.444 e. The zero-order chi connectivity index (χ0) is 22.2. The van der Waals surface area contributed by atoms with Crippen molar-refractivity contribution in [1.29, 1.82) is 0 Å². The highest BCUT2D eigenvalue weighted by Gasteiger charge is 2.56. The molecule has 1 saturated heterocycles. The van der Waals surface area contributed by atoms with Crippen molar-refractivity contribution in [3.8, 4) is 0 Å². The first-order valence-electron chi connectivity index (χ1n) is 10.5. The summed E-state index contributed by atoms with van der Waals surface area (Å²) in [5, 5.41) is 2.80. The number of aromatic nitrogens is 1. The van der Waals surface area contributed by atoms with Crippen LogP contribution in [0.25, 0.3) is 0 Å². The average Bonchev–Trinajstić information content (AvgIpc) is 2.54. The molecule has 1 aromatic rings. The Morgan fingerprint density at radius 3 is 2.38 bits per heavy atom. The predicted octanol–water partition coefficient (Wildman–Crippen LogP) is 5.21. The van der Waals surface area contributed by atoms with E-state index in [0.29, 0.717) is 12.2 Å². The molecule has 2 rings (SSSR count). The molecule has 0 saturated carbocycles. The third-order valence-corrected chi connectivity index (χ3v) is 11.5. The number of nitrogens with one attached hydrogen (secondary N) is 1. The van der Waals surface area contributed by atoms with Gasteiger partial charge in [-0.15, -0.1) is 0 Å². The van der Waals surface area contributed by atoms with E-state index in [1.165, 1.54) is 0 Å². The quantitative estimate of drug-likeness (QED) is 0.525. The van der Waals surface area contributed by atoms with Crippen LogP contribution >= 0.6 is 0 Å². The second kappa shape index (κ2) is 8.09. The van der Waals surface area contributed by atoms with Crippen molar-refractivity contribution in [2.45, 2.75) is 91.1 Å². The monoisotopic (exact) mass is 419 g/mol. The molecule has 1 aliphatic rings. The van der Waals surface area contributed by atoms with Gasteiger partial charge in [-0.3, -0.25) is 10.1 Å². The predicted molar refractivity (Wildman–Crippen MR) is 119 cm³/mol. The first kappa shape index (κ1) is 23.4. The van der Waals surface area contributed by atoms with Crippen LogP contribution in [0.3, 0.4) is 0 Å². The molecule has 1 N–H and O–H groups in total. The Morgan fingerprint density at radius 1 is 1.24 bits per heavy atom. The van der Waals surface area contributed by atoms with Crippen LogP contribution in [0.1, 0.15) is 60.5 Å². The van der Waals surface area contributed by atoms with Crippen molar-refractivity contribution in [2.75, 3.05) is 5.32 Å². The summed E-state index contributed by atoms with van der Waals surface area (Å²) in [7, 11) is -1.89. The zero-order valence-electron chi connectivity index (χ0n) is 19.4. The average molecular weight is 420 g/mol. The Morgan fingerprint density at radius 2 is 1.86 bits per heavy atom. The van der Waals surface area contributed by atoms with Gasteiger partial charge in [0.2, 0.25) is 5.91 Å². The highest BCUT2D eigenvalue weighted by molar-refractivity contribution is 6.80. The third-order valence-electron chi connectivity index (χ3n) is 6.12. The summed E-state index contributed by atoms with van der Waals surface area (Å²) in [4.78, 5) is 29.3. The molecule has 0 unspecified atom stereocenters. The van der Waals surface area contributed by atoms with E-state index in [1.807, 2.05) is 32.9 Å². The van der Waals surface area contributed by atoms with Crippen LogP contribution in [-0.4, -0.2) is 41.4 Å². The van der Waals surface area contributed by atoms with Gasteiger partial charge in [0.05, 0.1) is 5.92 Å². The Labute approximate surface area is 176 Å². The number of amides is 2. The van der Waals surface area contributed by atoms with Crippen molar-refractivity contribution >= 4 is 26.1 Å². The summed E-state index contributed by atoms with van der Waals surface area (Å²) in [6, 6.07) is 4.02. The van der Waals surface area contributed by atoms with Gasteiger partial charge in [-0.2, -0.15) is 0 Å². The van der Waals surface area contributed by atoms with E-state index in [4.69, 9.17) is 4.74 Å². The number of carbonyl (C=O) groups is 2. The molecule has 0 aliphatic carbocycles. The number of nitrogens with zero attached hydrogens (tertiary/aromatic N) is 2. The van der Waals surface area contributed by atoms with Gasteiger partial charge in [-0.05, 0) is 56.3 Å². The number of carbonyl (C=O) groups excluding carboxylic acids is 2. The number of ether oxygens (including phenoxy) is 1. The van der Waals surface area contributed by atoms with Crippen molar-refractivity contribution < 1.29 is 14.3 Å². The molecule has 162 valence electrons. The van der Waals surface area contributed by atoms with Crippen LogP contribution in [0.15, 0.2) is 18.3 Å². The van der Waals surface area contributed by atoms with Crippen LogP contribution in [0.4, 0.5) is 10.6 Å². The zero-order valence-corrected chi connectivity index (χ0v) is 20.4. The van der Waals surface area contributed by atoms with Crippen LogP contribution in [0.5, 0.6) is 0 Å². The van der Waals surface area contributed by atoms with Crippen molar-refractivity contribution in [1.82, 2.24) is 9.55 Å². The molecule has 6 nitrogen and oxygen atoms in total. The van der Waals surface area contributed by atoms with E-state index in [0.717, 1.165) is 12.0 Å². The maximum atomic E-state index is 13.1. The van der Waals surface area contributed by atoms with Crippen LogP contribution in [0, 0.1) is 5.92 Å². The molecule has 7 heteroatoms. The fourth-order valence-corrected chi connectivity index (χ4v) is 6.31. The molecular weight excluding hydrogens is 382 g/mol. The molecule has 0 spiro atoms. The molecule has 2 atom stereocenters. The fraction of sp³-hybridized carbons (Fsp3) is 0.682. The minimum Gasteiger partial charge on any atom is -0.444 e. The second-order valence-electron chi connectivity index (χ2n) is 10.5. The number of pyridine rings is 1. The Hall–Kier alpha value is -1.89. The molecule has 0 bridgehead atoms. The SMILES string of the molecule is CC[C@@H]1[C@@H](Cc2ccnc(NC(=O)OC(C)(C)C)c2)C(=O)N1[Si](C)(C)C(C)(C)C. The highest BCUT2D eigenvalue weighted by atomic mass is 28.3. The lowest BCUT2D eigenvalue weighted by molar-refractivity contribution is -0.148. The van der Waals surface area contributed by atoms with Gasteiger partial charge in [-0.25, -0.2) is 9.78 Å². The minimum atomic E-state index is -1.89. The van der Waals surface area contributed by atoms with Crippen LogP contribution in [-0.2, 0) is 16.0 Å².